The second-order valence-corrected chi connectivity index (χ2v) is 7.98. The van der Waals surface area contributed by atoms with Gasteiger partial charge in [-0.3, -0.25) is 4.90 Å². The van der Waals surface area contributed by atoms with Crippen LogP contribution in [-0.4, -0.2) is 52.9 Å². The highest BCUT2D eigenvalue weighted by atomic mass is 32.2. The van der Waals surface area contributed by atoms with E-state index in [1.807, 2.05) is 24.2 Å². The zero-order valence-electron chi connectivity index (χ0n) is 15.3. The third-order valence-electron chi connectivity index (χ3n) is 5.14. The van der Waals surface area contributed by atoms with Crippen LogP contribution in [0.2, 0.25) is 0 Å². The van der Waals surface area contributed by atoms with Gasteiger partial charge in [-0.1, -0.05) is 24.3 Å². The number of para-hydroxylation sites is 2. The largest absolute Gasteiger partial charge is 0.326 e. The number of hydrogen-bond donors (Lipinski definition) is 1. The Bertz CT molecular complexity index is 867. The summed E-state index contributed by atoms with van der Waals surface area (Å²) in [7, 11) is 0. The molecule has 0 atom stereocenters. The predicted octanol–water partition coefficient (Wildman–Crippen LogP) is 3.39. The number of benzene rings is 2. The van der Waals surface area contributed by atoms with Crippen molar-refractivity contribution in [2.45, 2.75) is 18.4 Å². The molecule has 0 saturated carbocycles. The van der Waals surface area contributed by atoms with Crippen molar-refractivity contribution in [1.82, 2.24) is 19.8 Å². The first kappa shape index (κ1) is 17.6. The van der Waals surface area contributed by atoms with Crippen LogP contribution in [0.5, 0.6) is 0 Å². The van der Waals surface area contributed by atoms with E-state index in [2.05, 4.69) is 63.1 Å². The highest BCUT2D eigenvalue weighted by Crippen LogP contribution is 2.26. The number of nitrogens with zero attached hydrogens (tertiary/aromatic N) is 3. The van der Waals surface area contributed by atoms with E-state index in [1.165, 1.54) is 41.2 Å². The molecule has 1 fully saturated rings. The molecule has 4 rings (SSSR count). The number of hydrogen-bond acceptors (Lipinski definition) is 4. The van der Waals surface area contributed by atoms with Gasteiger partial charge in [0.2, 0.25) is 0 Å². The molecule has 1 saturated heterocycles. The Labute approximate surface area is 159 Å². The summed E-state index contributed by atoms with van der Waals surface area (Å²) in [5, 5.41) is 3.42. The van der Waals surface area contributed by atoms with E-state index in [-0.39, 0.29) is 0 Å². The summed E-state index contributed by atoms with van der Waals surface area (Å²) < 4.78 is 2.24. The molecule has 4 nitrogen and oxygen atoms in total. The highest BCUT2D eigenvalue weighted by Gasteiger charge is 2.11. The third kappa shape index (κ3) is 3.95. The topological polar surface area (TPSA) is 33.1 Å². The minimum Gasteiger partial charge on any atom is -0.326 e. The molecule has 0 radical (unpaired) electrons. The molecular formula is C21H26N4S. The molecule has 1 aliphatic heterocycles. The zero-order valence-corrected chi connectivity index (χ0v) is 16.1. The number of imidazole rings is 1. The summed E-state index contributed by atoms with van der Waals surface area (Å²) in [6, 6.07) is 15.0. The smallest absolute Gasteiger partial charge is 0.0961 e. The van der Waals surface area contributed by atoms with Crippen molar-refractivity contribution in [2.75, 3.05) is 38.5 Å². The van der Waals surface area contributed by atoms with Crippen molar-refractivity contribution in [3.63, 3.8) is 0 Å². The lowest BCUT2D eigenvalue weighted by Gasteiger charge is -2.27. The van der Waals surface area contributed by atoms with Gasteiger partial charge in [-0.25, -0.2) is 4.98 Å². The Hall–Kier alpha value is -1.82. The first-order chi connectivity index (χ1) is 12.8. The van der Waals surface area contributed by atoms with Crippen LogP contribution in [0, 0.1) is 6.92 Å². The number of aromatic nitrogens is 2. The van der Waals surface area contributed by atoms with Crippen LogP contribution in [0.15, 0.2) is 53.7 Å². The van der Waals surface area contributed by atoms with Gasteiger partial charge in [-0.2, -0.15) is 0 Å². The quantitative estimate of drug-likeness (QED) is 0.678. The van der Waals surface area contributed by atoms with E-state index in [1.54, 1.807) is 0 Å². The van der Waals surface area contributed by atoms with Crippen LogP contribution in [0.4, 0.5) is 0 Å². The van der Waals surface area contributed by atoms with Crippen LogP contribution in [0.25, 0.3) is 11.0 Å². The molecule has 1 aliphatic rings. The number of thioether (sulfide) groups is 1. The van der Waals surface area contributed by atoms with Gasteiger partial charge in [0, 0.05) is 49.9 Å². The van der Waals surface area contributed by atoms with Crippen molar-refractivity contribution < 1.29 is 0 Å². The minimum absolute atomic E-state index is 0.874. The van der Waals surface area contributed by atoms with Crippen LogP contribution in [-0.2, 0) is 6.54 Å². The lowest BCUT2D eigenvalue weighted by molar-refractivity contribution is 0.255. The van der Waals surface area contributed by atoms with Crippen LogP contribution in [0.1, 0.15) is 11.1 Å². The molecule has 3 aromatic rings. The molecule has 136 valence electrons. The zero-order chi connectivity index (χ0) is 17.8. The first-order valence-corrected chi connectivity index (χ1v) is 10.3. The maximum Gasteiger partial charge on any atom is 0.0961 e. The lowest BCUT2D eigenvalue weighted by Crippen LogP contribution is -2.44. The molecule has 2 aromatic carbocycles. The monoisotopic (exact) mass is 366 g/mol. The molecule has 0 spiro atoms. The van der Waals surface area contributed by atoms with Crippen molar-refractivity contribution in [2.24, 2.45) is 0 Å². The Morgan fingerprint density at radius 2 is 1.92 bits per heavy atom. The second kappa shape index (κ2) is 8.25. The Balaban J connectivity index is 1.43. The molecule has 0 aliphatic carbocycles. The highest BCUT2D eigenvalue weighted by molar-refractivity contribution is 7.99. The number of piperazine rings is 1. The van der Waals surface area contributed by atoms with E-state index >= 15 is 0 Å². The average molecular weight is 367 g/mol. The van der Waals surface area contributed by atoms with Crippen LogP contribution < -0.4 is 5.32 Å². The van der Waals surface area contributed by atoms with E-state index in [4.69, 9.17) is 0 Å². The second-order valence-electron chi connectivity index (χ2n) is 6.84. The van der Waals surface area contributed by atoms with Gasteiger partial charge in [0.15, 0.2) is 0 Å². The van der Waals surface area contributed by atoms with Gasteiger partial charge in [0.25, 0.3) is 0 Å². The number of nitrogens with one attached hydrogen (secondary N) is 1. The SMILES string of the molecule is Cc1c(Cn2cnc3ccccc32)cccc1SCCN1CCNCC1. The van der Waals surface area contributed by atoms with Crippen molar-refractivity contribution in [1.29, 1.82) is 0 Å². The summed E-state index contributed by atoms with van der Waals surface area (Å²) in [5.41, 5.74) is 5.03. The average Bonchev–Trinajstić information content (AvgIpc) is 3.09. The maximum atomic E-state index is 4.52. The summed E-state index contributed by atoms with van der Waals surface area (Å²) in [5.74, 6) is 1.15. The first-order valence-electron chi connectivity index (χ1n) is 9.35. The molecule has 2 heterocycles. The Kier molecular flexibility index (Phi) is 5.58. The fourth-order valence-electron chi connectivity index (χ4n) is 3.53. The Morgan fingerprint density at radius 3 is 2.81 bits per heavy atom. The fourth-order valence-corrected chi connectivity index (χ4v) is 4.62. The van der Waals surface area contributed by atoms with Gasteiger partial charge in [-0.05, 0) is 36.2 Å². The molecule has 1 aromatic heterocycles. The molecule has 0 unspecified atom stereocenters. The van der Waals surface area contributed by atoms with Gasteiger partial charge in [0.05, 0.1) is 17.4 Å². The van der Waals surface area contributed by atoms with E-state index in [9.17, 15) is 0 Å². The molecule has 1 N–H and O–H groups in total. The van der Waals surface area contributed by atoms with Gasteiger partial charge >= 0.3 is 0 Å². The van der Waals surface area contributed by atoms with Gasteiger partial charge < -0.3 is 9.88 Å². The third-order valence-corrected chi connectivity index (χ3v) is 6.28. The van der Waals surface area contributed by atoms with E-state index in [0.717, 1.165) is 30.9 Å². The maximum absolute atomic E-state index is 4.52. The van der Waals surface area contributed by atoms with Crippen LogP contribution >= 0.6 is 11.8 Å². The predicted molar refractivity (Wildman–Crippen MR) is 110 cm³/mol. The molecule has 5 heteroatoms. The lowest BCUT2D eigenvalue weighted by atomic mass is 10.1. The summed E-state index contributed by atoms with van der Waals surface area (Å²) in [6.07, 6.45) is 1.95. The van der Waals surface area contributed by atoms with Gasteiger partial charge in [0.1, 0.15) is 0 Å². The molecular weight excluding hydrogens is 340 g/mol. The van der Waals surface area contributed by atoms with E-state index < -0.39 is 0 Å². The van der Waals surface area contributed by atoms with Gasteiger partial charge in [-0.15, -0.1) is 11.8 Å². The van der Waals surface area contributed by atoms with Crippen molar-refractivity contribution in [3.05, 3.63) is 59.9 Å². The Morgan fingerprint density at radius 1 is 1.08 bits per heavy atom. The number of rotatable bonds is 6. The molecule has 0 amide bonds. The summed E-state index contributed by atoms with van der Waals surface area (Å²) in [6.45, 7) is 8.89. The fraction of sp³-hybridized carbons (Fsp3) is 0.381. The number of fused-ring (bicyclic) bond motifs is 1. The van der Waals surface area contributed by atoms with Crippen molar-refractivity contribution in [3.8, 4) is 0 Å². The molecule has 0 bridgehead atoms. The minimum atomic E-state index is 0.874. The summed E-state index contributed by atoms with van der Waals surface area (Å²) >= 11 is 1.98. The molecule has 26 heavy (non-hydrogen) atoms. The normalized spacial score (nSPS) is 15.6. The summed E-state index contributed by atoms with van der Waals surface area (Å²) in [4.78, 5) is 8.48. The van der Waals surface area contributed by atoms with E-state index in [0.29, 0.717) is 0 Å². The van der Waals surface area contributed by atoms with Crippen molar-refractivity contribution >= 4 is 22.8 Å². The standard InChI is InChI=1S/C21H26N4S/c1-17-18(15-25-16-23-19-6-2-3-7-20(19)25)5-4-8-21(17)26-14-13-24-11-9-22-10-12-24/h2-8,16,22H,9-15H2,1H3. The van der Waals surface area contributed by atoms with Crippen LogP contribution in [0.3, 0.4) is 0 Å².